The molecule has 0 bridgehead atoms. The summed E-state index contributed by atoms with van der Waals surface area (Å²) in [7, 11) is 0. The van der Waals surface area contributed by atoms with Crippen LogP contribution in [0.5, 0.6) is 0 Å². The fourth-order valence-electron chi connectivity index (χ4n) is 1.36. The van der Waals surface area contributed by atoms with E-state index < -0.39 is 30.5 Å². The number of hydrogen-bond acceptors (Lipinski definition) is 1. The molecule has 0 N–H and O–H groups in total. The fraction of sp³-hybridized carbons (Fsp3) is 1.00. The van der Waals surface area contributed by atoms with E-state index in [0.29, 0.717) is 0 Å². The molecule has 0 amide bonds. The largest absolute Gasteiger partial charge is 0.378 e. The Morgan fingerprint density at radius 2 is 1.79 bits per heavy atom. The molecule has 14 heavy (non-hydrogen) atoms. The molecule has 0 saturated carbocycles. The van der Waals surface area contributed by atoms with Crippen LogP contribution >= 0.6 is 0 Å². The lowest BCUT2D eigenvalue weighted by Gasteiger charge is -2.35. The lowest BCUT2D eigenvalue weighted by molar-refractivity contribution is -0.251. The molecule has 0 aliphatic carbocycles. The van der Waals surface area contributed by atoms with Gasteiger partial charge >= 0.3 is 0 Å². The second-order valence-corrected chi connectivity index (χ2v) is 3.55. The Morgan fingerprint density at radius 1 is 1.21 bits per heavy atom. The van der Waals surface area contributed by atoms with E-state index in [2.05, 4.69) is 4.74 Å². The van der Waals surface area contributed by atoms with Gasteiger partial charge in [-0.05, 0) is 6.42 Å². The van der Waals surface area contributed by atoms with Crippen molar-refractivity contribution in [2.45, 2.75) is 37.3 Å². The van der Waals surface area contributed by atoms with Crippen LogP contribution in [0, 0.1) is 0 Å². The van der Waals surface area contributed by atoms with Gasteiger partial charge < -0.3 is 4.74 Å². The highest BCUT2D eigenvalue weighted by molar-refractivity contribution is 5.03. The number of rotatable bonds is 1. The normalized spacial score (nSPS) is 33.9. The van der Waals surface area contributed by atoms with Crippen LogP contribution in [0.1, 0.15) is 19.8 Å². The summed E-state index contributed by atoms with van der Waals surface area (Å²) < 4.78 is 69.5. The first-order chi connectivity index (χ1) is 6.21. The third kappa shape index (κ3) is 1.71. The van der Waals surface area contributed by atoms with Gasteiger partial charge in [0.25, 0.3) is 17.5 Å². The predicted molar refractivity (Wildman–Crippen MR) is 39.5 cm³/mol. The number of hydrogen-bond donors (Lipinski definition) is 0. The summed E-state index contributed by atoms with van der Waals surface area (Å²) in [6.07, 6.45) is -1.03. The van der Waals surface area contributed by atoms with Crippen LogP contribution in [0.25, 0.3) is 0 Å². The van der Waals surface area contributed by atoms with Crippen molar-refractivity contribution >= 4 is 0 Å². The third-order valence-electron chi connectivity index (χ3n) is 2.36. The molecule has 1 heterocycles. The van der Waals surface area contributed by atoms with Gasteiger partial charge in [0.05, 0.1) is 6.61 Å². The van der Waals surface area contributed by atoms with Gasteiger partial charge in [-0.3, -0.25) is 0 Å². The summed E-state index contributed by atoms with van der Waals surface area (Å²) in [6.45, 7) is -1.23. The molecule has 0 radical (unpaired) electrons. The molecule has 1 saturated heterocycles. The van der Waals surface area contributed by atoms with Crippen molar-refractivity contribution in [3.05, 3.63) is 0 Å². The van der Waals surface area contributed by atoms with Crippen LogP contribution in [-0.4, -0.2) is 30.7 Å². The molecule has 84 valence electrons. The minimum atomic E-state index is -4.11. The lowest BCUT2D eigenvalue weighted by atomic mass is 9.90. The van der Waals surface area contributed by atoms with E-state index in [0.717, 1.165) is 0 Å². The molecule has 1 aliphatic heterocycles. The molecule has 1 unspecified atom stereocenters. The first kappa shape index (κ1) is 11.7. The molecule has 6 heteroatoms. The van der Waals surface area contributed by atoms with Crippen molar-refractivity contribution in [1.82, 2.24) is 0 Å². The molecule has 1 fully saturated rings. The molecule has 0 spiro atoms. The zero-order valence-corrected chi connectivity index (χ0v) is 7.63. The molecule has 0 aromatic heterocycles. The maximum atomic E-state index is 13.5. The van der Waals surface area contributed by atoms with Crippen molar-refractivity contribution in [2.24, 2.45) is 0 Å². The maximum absolute atomic E-state index is 13.5. The number of halogens is 5. The second kappa shape index (κ2) is 3.32. The van der Waals surface area contributed by atoms with Gasteiger partial charge in [-0.1, -0.05) is 0 Å². The first-order valence-corrected chi connectivity index (χ1v) is 4.23. The van der Waals surface area contributed by atoms with E-state index in [9.17, 15) is 22.0 Å². The SMILES string of the molecule is CC(F)(F)C1(F)COCCCC1(F)F. The molecular weight excluding hydrogens is 207 g/mol. The number of ether oxygens (including phenoxy) is 1. The molecule has 0 aromatic carbocycles. The van der Waals surface area contributed by atoms with Gasteiger partial charge in [0, 0.05) is 20.0 Å². The lowest BCUT2D eigenvalue weighted by Crippen LogP contribution is -2.58. The van der Waals surface area contributed by atoms with Crippen LogP contribution in [0.15, 0.2) is 0 Å². The zero-order valence-electron chi connectivity index (χ0n) is 7.63. The Balaban J connectivity index is 3.02. The Hall–Kier alpha value is -0.390. The Bertz CT molecular complexity index is 212. The summed E-state index contributed by atoms with van der Waals surface area (Å²) in [5.41, 5.74) is -3.89. The minimum Gasteiger partial charge on any atom is -0.378 e. The van der Waals surface area contributed by atoms with Gasteiger partial charge in [0.15, 0.2) is 0 Å². The van der Waals surface area contributed by atoms with E-state index in [4.69, 9.17) is 0 Å². The monoisotopic (exact) mass is 218 g/mol. The van der Waals surface area contributed by atoms with E-state index in [1.807, 2.05) is 0 Å². The van der Waals surface area contributed by atoms with Crippen molar-refractivity contribution in [3.63, 3.8) is 0 Å². The first-order valence-electron chi connectivity index (χ1n) is 4.23. The standard InChI is InChI=1S/C8H11F5O/c1-6(9,10)7(11)5-14-4-2-3-8(7,12)13/h2-5H2,1H3. The Labute approximate surface area is 78.2 Å². The smallest absolute Gasteiger partial charge is 0.289 e. The molecule has 1 aliphatic rings. The van der Waals surface area contributed by atoms with Crippen LogP contribution in [0.4, 0.5) is 22.0 Å². The topological polar surface area (TPSA) is 9.23 Å². The van der Waals surface area contributed by atoms with Gasteiger partial charge in [0.2, 0.25) is 0 Å². The average molecular weight is 218 g/mol. The molecule has 1 nitrogen and oxygen atoms in total. The average Bonchev–Trinajstić information content (AvgIpc) is 2.11. The van der Waals surface area contributed by atoms with E-state index in [-0.39, 0.29) is 20.0 Å². The Morgan fingerprint density at radius 3 is 2.29 bits per heavy atom. The van der Waals surface area contributed by atoms with Crippen LogP contribution < -0.4 is 0 Å². The van der Waals surface area contributed by atoms with Crippen molar-refractivity contribution in [3.8, 4) is 0 Å². The predicted octanol–water partition coefficient (Wildman–Crippen LogP) is 2.80. The van der Waals surface area contributed by atoms with Gasteiger partial charge in [-0.2, -0.15) is 0 Å². The van der Waals surface area contributed by atoms with Gasteiger partial charge in [0.1, 0.15) is 0 Å². The maximum Gasteiger partial charge on any atom is 0.289 e. The minimum absolute atomic E-state index is 0.114. The molecule has 0 aromatic rings. The molecule has 1 atom stereocenters. The quantitative estimate of drug-likeness (QED) is 0.615. The van der Waals surface area contributed by atoms with E-state index >= 15 is 0 Å². The highest BCUT2D eigenvalue weighted by Crippen LogP contribution is 2.47. The van der Waals surface area contributed by atoms with Crippen LogP contribution in [0.3, 0.4) is 0 Å². The third-order valence-corrected chi connectivity index (χ3v) is 2.36. The summed E-state index contributed by atoms with van der Waals surface area (Å²) in [4.78, 5) is 0. The van der Waals surface area contributed by atoms with Gasteiger partial charge in [-0.25, -0.2) is 22.0 Å². The summed E-state index contributed by atoms with van der Waals surface area (Å²) >= 11 is 0. The van der Waals surface area contributed by atoms with Crippen molar-refractivity contribution in [2.75, 3.05) is 13.2 Å². The van der Waals surface area contributed by atoms with Crippen LogP contribution in [0.2, 0.25) is 0 Å². The molecular formula is C8H11F5O. The zero-order chi connectivity index (χ0) is 11.0. The fourth-order valence-corrected chi connectivity index (χ4v) is 1.36. The van der Waals surface area contributed by atoms with Gasteiger partial charge in [-0.15, -0.1) is 0 Å². The van der Waals surface area contributed by atoms with E-state index in [1.54, 1.807) is 0 Å². The van der Waals surface area contributed by atoms with Crippen molar-refractivity contribution < 1.29 is 26.7 Å². The summed E-state index contributed by atoms with van der Waals surface area (Å²) in [6, 6.07) is 0. The number of alkyl halides is 5. The highest BCUT2D eigenvalue weighted by atomic mass is 19.3. The Kier molecular flexibility index (Phi) is 2.77. The summed E-state index contributed by atoms with van der Waals surface area (Å²) in [5, 5.41) is 0. The second-order valence-electron chi connectivity index (χ2n) is 3.55. The molecule has 1 rings (SSSR count). The summed E-state index contributed by atoms with van der Waals surface area (Å²) in [5.74, 6) is -8.15. The van der Waals surface area contributed by atoms with E-state index in [1.165, 1.54) is 0 Å². The highest BCUT2D eigenvalue weighted by Gasteiger charge is 2.67. The van der Waals surface area contributed by atoms with Crippen molar-refractivity contribution in [1.29, 1.82) is 0 Å². The van der Waals surface area contributed by atoms with Crippen LogP contribution in [-0.2, 0) is 4.74 Å².